The standard InChI is InChI=1S/C15H15FN6/c1-22-15(3-5-19-22)21-14-8-10(2-4-18-14)11-6-12(9-17)20-13(16)7-11/h2-8H,9,17H2,1H3,(H,18,21). The van der Waals surface area contributed by atoms with Gasteiger partial charge in [-0.15, -0.1) is 0 Å². The van der Waals surface area contributed by atoms with Crippen molar-refractivity contribution in [1.82, 2.24) is 19.7 Å². The van der Waals surface area contributed by atoms with Gasteiger partial charge in [-0.2, -0.15) is 9.49 Å². The Morgan fingerprint density at radius 3 is 2.77 bits per heavy atom. The molecular weight excluding hydrogens is 283 g/mol. The number of pyridine rings is 2. The van der Waals surface area contributed by atoms with E-state index in [1.807, 2.05) is 25.2 Å². The van der Waals surface area contributed by atoms with Crippen molar-refractivity contribution in [2.45, 2.75) is 6.54 Å². The van der Waals surface area contributed by atoms with Crippen LogP contribution in [0.5, 0.6) is 0 Å². The molecule has 0 amide bonds. The van der Waals surface area contributed by atoms with E-state index in [-0.39, 0.29) is 6.54 Å². The van der Waals surface area contributed by atoms with E-state index >= 15 is 0 Å². The first kappa shape index (κ1) is 14.2. The summed E-state index contributed by atoms with van der Waals surface area (Å²) in [6, 6.07) is 8.63. The summed E-state index contributed by atoms with van der Waals surface area (Å²) in [4.78, 5) is 8.00. The number of nitrogens with two attached hydrogens (primary N) is 1. The van der Waals surface area contributed by atoms with E-state index in [1.54, 1.807) is 23.1 Å². The number of rotatable bonds is 4. The van der Waals surface area contributed by atoms with Gasteiger partial charge in [-0.1, -0.05) is 0 Å². The molecule has 0 radical (unpaired) electrons. The van der Waals surface area contributed by atoms with Crippen LogP contribution in [-0.2, 0) is 13.6 Å². The first-order valence-electron chi connectivity index (χ1n) is 6.73. The van der Waals surface area contributed by atoms with Gasteiger partial charge in [-0.25, -0.2) is 9.97 Å². The minimum atomic E-state index is -0.545. The third kappa shape index (κ3) is 2.94. The largest absolute Gasteiger partial charge is 0.325 e. The van der Waals surface area contributed by atoms with Gasteiger partial charge in [0.05, 0.1) is 11.9 Å². The maximum Gasteiger partial charge on any atom is 0.213 e. The van der Waals surface area contributed by atoms with E-state index in [9.17, 15) is 4.39 Å². The molecule has 6 nitrogen and oxygen atoms in total. The van der Waals surface area contributed by atoms with Gasteiger partial charge >= 0.3 is 0 Å². The van der Waals surface area contributed by atoms with E-state index < -0.39 is 5.95 Å². The predicted octanol–water partition coefficient (Wildman–Crippen LogP) is 2.22. The van der Waals surface area contributed by atoms with Crippen LogP contribution in [0.2, 0.25) is 0 Å². The summed E-state index contributed by atoms with van der Waals surface area (Å²) in [6.45, 7) is 0.190. The predicted molar refractivity (Wildman–Crippen MR) is 81.8 cm³/mol. The molecule has 22 heavy (non-hydrogen) atoms. The Labute approximate surface area is 126 Å². The van der Waals surface area contributed by atoms with Crippen molar-refractivity contribution in [3.63, 3.8) is 0 Å². The summed E-state index contributed by atoms with van der Waals surface area (Å²) in [7, 11) is 1.83. The van der Waals surface area contributed by atoms with E-state index in [2.05, 4.69) is 20.4 Å². The van der Waals surface area contributed by atoms with Gasteiger partial charge in [-0.3, -0.25) is 4.68 Å². The van der Waals surface area contributed by atoms with E-state index in [0.717, 1.165) is 11.4 Å². The lowest BCUT2D eigenvalue weighted by molar-refractivity contribution is 0.577. The van der Waals surface area contributed by atoms with Crippen molar-refractivity contribution in [3.05, 3.63) is 54.4 Å². The molecule has 0 saturated carbocycles. The van der Waals surface area contributed by atoms with Crippen LogP contribution < -0.4 is 11.1 Å². The average molecular weight is 298 g/mol. The van der Waals surface area contributed by atoms with Crippen LogP contribution in [0.15, 0.2) is 42.7 Å². The molecule has 0 aliphatic heterocycles. The van der Waals surface area contributed by atoms with Gasteiger partial charge in [0.25, 0.3) is 0 Å². The molecule has 3 aromatic rings. The highest BCUT2D eigenvalue weighted by atomic mass is 19.1. The maximum atomic E-state index is 13.5. The zero-order chi connectivity index (χ0) is 15.5. The van der Waals surface area contributed by atoms with Gasteiger partial charge in [-0.05, 0) is 29.3 Å². The van der Waals surface area contributed by atoms with Crippen molar-refractivity contribution in [2.24, 2.45) is 12.8 Å². The molecule has 0 aromatic carbocycles. The van der Waals surface area contributed by atoms with Crippen molar-refractivity contribution in [1.29, 1.82) is 0 Å². The summed E-state index contributed by atoms with van der Waals surface area (Å²) in [5.74, 6) is 0.914. The second kappa shape index (κ2) is 5.90. The summed E-state index contributed by atoms with van der Waals surface area (Å²) < 4.78 is 15.3. The van der Waals surface area contributed by atoms with Crippen LogP contribution in [0, 0.1) is 5.95 Å². The van der Waals surface area contributed by atoms with E-state index in [0.29, 0.717) is 17.1 Å². The number of hydrogen-bond acceptors (Lipinski definition) is 5. The summed E-state index contributed by atoms with van der Waals surface area (Å²) in [5, 5.41) is 7.24. The number of aryl methyl sites for hydroxylation is 1. The number of nitrogens with zero attached hydrogens (tertiary/aromatic N) is 4. The van der Waals surface area contributed by atoms with Crippen molar-refractivity contribution < 1.29 is 4.39 Å². The van der Waals surface area contributed by atoms with E-state index in [1.165, 1.54) is 6.07 Å². The van der Waals surface area contributed by atoms with Gasteiger partial charge in [0.2, 0.25) is 5.95 Å². The third-order valence-electron chi connectivity index (χ3n) is 3.23. The molecule has 0 fully saturated rings. The zero-order valence-electron chi connectivity index (χ0n) is 12.0. The van der Waals surface area contributed by atoms with Crippen LogP contribution in [0.1, 0.15) is 5.69 Å². The molecule has 3 rings (SSSR count). The summed E-state index contributed by atoms with van der Waals surface area (Å²) in [6.07, 6.45) is 3.35. The van der Waals surface area contributed by atoms with Crippen molar-refractivity contribution in [3.8, 4) is 11.1 Å². The number of anilines is 2. The fraction of sp³-hybridized carbons (Fsp3) is 0.133. The number of nitrogens with one attached hydrogen (secondary N) is 1. The molecule has 0 spiro atoms. The number of hydrogen-bond donors (Lipinski definition) is 2. The quantitative estimate of drug-likeness (QED) is 0.722. The van der Waals surface area contributed by atoms with Crippen molar-refractivity contribution in [2.75, 3.05) is 5.32 Å². The van der Waals surface area contributed by atoms with Gasteiger partial charge in [0.1, 0.15) is 11.6 Å². The van der Waals surface area contributed by atoms with Crippen LogP contribution in [-0.4, -0.2) is 19.7 Å². The van der Waals surface area contributed by atoms with Crippen molar-refractivity contribution >= 4 is 11.6 Å². The molecule has 0 unspecified atom stereocenters. The number of aromatic nitrogens is 4. The van der Waals surface area contributed by atoms with Crippen LogP contribution in [0.4, 0.5) is 16.0 Å². The lowest BCUT2D eigenvalue weighted by atomic mass is 10.1. The molecule has 0 aliphatic rings. The highest BCUT2D eigenvalue weighted by molar-refractivity contribution is 5.68. The third-order valence-corrected chi connectivity index (χ3v) is 3.23. The van der Waals surface area contributed by atoms with Crippen LogP contribution in [0.3, 0.4) is 0 Å². The van der Waals surface area contributed by atoms with Crippen LogP contribution >= 0.6 is 0 Å². The molecule has 3 N–H and O–H groups in total. The Bertz CT molecular complexity index is 798. The Kier molecular flexibility index (Phi) is 3.80. The van der Waals surface area contributed by atoms with Gasteiger partial charge in [0.15, 0.2) is 0 Å². The number of halogens is 1. The maximum absolute atomic E-state index is 13.5. The minimum Gasteiger partial charge on any atom is -0.325 e. The highest BCUT2D eigenvalue weighted by Gasteiger charge is 2.06. The normalized spacial score (nSPS) is 10.7. The lowest BCUT2D eigenvalue weighted by Crippen LogP contribution is -2.02. The molecule has 0 saturated heterocycles. The molecule has 112 valence electrons. The van der Waals surface area contributed by atoms with Gasteiger partial charge < -0.3 is 11.1 Å². The lowest BCUT2D eigenvalue weighted by Gasteiger charge is -2.08. The Morgan fingerprint density at radius 1 is 1.18 bits per heavy atom. The Balaban J connectivity index is 1.94. The molecular formula is C15H15FN6. The summed E-state index contributed by atoms with van der Waals surface area (Å²) in [5.41, 5.74) is 7.59. The fourth-order valence-electron chi connectivity index (χ4n) is 2.13. The monoisotopic (exact) mass is 298 g/mol. The molecule has 3 heterocycles. The molecule has 0 atom stereocenters. The highest BCUT2D eigenvalue weighted by Crippen LogP contribution is 2.23. The first-order valence-corrected chi connectivity index (χ1v) is 6.73. The van der Waals surface area contributed by atoms with E-state index in [4.69, 9.17) is 5.73 Å². The first-order chi connectivity index (χ1) is 10.7. The Morgan fingerprint density at radius 2 is 2.05 bits per heavy atom. The second-order valence-electron chi connectivity index (χ2n) is 4.77. The average Bonchev–Trinajstić information content (AvgIpc) is 2.92. The second-order valence-corrected chi connectivity index (χ2v) is 4.77. The minimum absolute atomic E-state index is 0.190. The molecule has 7 heteroatoms. The fourth-order valence-corrected chi connectivity index (χ4v) is 2.13. The molecule has 0 aliphatic carbocycles. The van der Waals surface area contributed by atoms with Gasteiger partial charge in [0, 0.05) is 31.9 Å². The summed E-state index contributed by atoms with van der Waals surface area (Å²) >= 11 is 0. The Hall–Kier alpha value is -2.80. The van der Waals surface area contributed by atoms with Crippen LogP contribution in [0.25, 0.3) is 11.1 Å². The molecule has 3 aromatic heterocycles. The molecule has 0 bridgehead atoms. The zero-order valence-corrected chi connectivity index (χ0v) is 12.0. The SMILES string of the molecule is Cn1nccc1Nc1cc(-c2cc(F)nc(CN)c2)ccn1. The topological polar surface area (TPSA) is 81.7 Å². The smallest absolute Gasteiger partial charge is 0.213 e.